The molecule has 0 unspecified atom stereocenters. The van der Waals surface area contributed by atoms with Crippen molar-refractivity contribution >= 4 is 27.6 Å². The van der Waals surface area contributed by atoms with Crippen LogP contribution in [-0.4, -0.2) is 11.2 Å². The molecule has 0 amide bonds. The van der Waals surface area contributed by atoms with Crippen LogP contribution in [0.1, 0.15) is 0 Å². The molecule has 0 aliphatic carbocycles. The SMILES string of the molecule is NC(=Nc1ccc(Br)cc1F)NO. The zero-order valence-electron chi connectivity index (χ0n) is 6.46. The van der Waals surface area contributed by atoms with E-state index < -0.39 is 5.82 Å². The molecule has 0 saturated carbocycles. The van der Waals surface area contributed by atoms with Crippen molar-refractivity contribution in [3.8, 4) is 0 Å². The summed E-state index contributed by atoms with van der Waals surface area (Å²) in [6.45, 7) is 0. The van der Waals surface area contributed by atoms with Crippen molar-refractivity contribution in [1.29, 1.82) is 0 Å². The molecule has 0 heterocycles. The van der Waals surface area contributed by atoms with Crippen molar-refractivity contribution in [2.75, 3.05) is 0 Å². The van der Waals surface area contributed by atoms with Crippen LogP contribution in [0.5, 0.6) is 0 Å². The van der Waals surface area contributed by atoms with Gasteiger partial charge < -0.3 is 5.73 Å². The molecule has 0 spiro atoms. The van der Waals surface area contributed by atoms with Gasteiger partial charge in [-0.05, 0) is 18.2 Å². The van der Waals surface area contributed by atoms with E-state index in [2.05, 4.69) is 20.9 Å². The number of nitrogens with zero attached hydrogens (tertiary/aromatic N) is 1. The van der Waals surface area contributed by atoms with Crippen LogP contribution >= 0.6 is 15.9 Å². The van der Waals surface area contributed by atoms with Crippen molar-refractivity contribution in [3.05, 3.63) is 28.5 Å². The Hall–Kier alpha value is -1.14. The van der Waals surface area contributed by atoms with Gasteiger partial charge in [0.15, 0.2) is 0 Å². The molecule has 1 aromatic carbocycles. The highest BCUT2D eigenvalue weighted by atomic mass is 79.9. The molecule has 0 atom stereocenters. The normalized spacial score (nSPS) is 11.5. The molecule has 13 heavy (non-hydrogen) atoms. The molecule has 0 aromatic heterocycles. The Morgan fingerprint density at radius 3 is 2.85 bits per heavy atom. The molecule has 0 fully saturated rings. The number of aliphatic imine (C=N–C) groups is 1. The first kappa shape index (κ1) is 9.94. The molecule has 6 heteroatoms. The van der Waals surface area contributed by atoms with E-state index in [9.17, 15) is 4.39 Å². The predicted octanol–water partition coefficient (Wildman–Crippen LogP) is 1.51. The van der Waals surface area contributed by atoms with Gasteiger partial charge in [-0.1, -0.05) is 15.9 Å². The Balaban J connectivity index is 3.03. The largest absolute Gasteiger partial charge is 0.368 e. The lowest BCUT2D eigenvalue weighted by Crippen LogP contribution is -2.27. The van der Waals surface area contributed by atoms with E-state index in [1.165, 1.54) is 12.1 Å². The maximum atomic E-state index is 13.0. The van der Waals surface area contributed by atoms with Crippen LogP contribution in [0.25, 0.3) is 0 Å². The molecule has 0 radical (unpaired) electrons. The van der Waals surface area contributed by atoms with Crippen LogP contribution in [0.2, 0.25) is 0 Å². The topological polar surface area (TPSA) is 70.6 Å². The van der Waals surface area contributed by atoms with Gasteiger partial charge in [0, 0.05) is 4.47 Å². The number of halogens is 2. The Bertz CT molecular complexity index is 343. The predicted molar refractivity (Wildman–Crippen MR) is 50.3 cm³/mol. The van der Waals surface area contributed by atoms with Crippen molar-refractivity contribution in [1.82, 2.24) is 5.48 Å². The third-order valence-corrected chi connectivity index (χ3v) is 1.76. The number of nitrogens with one attached hydrogen (secondary N) is 1. The fourth-order valence-corrected chi connectivity index (χ4v) is 1.06. The summed E-state index contributed by atoms with van der Waals surface area (Å²) >= 11 is 3.09. The third-order valence-electron chi connectivity index (χ3n) is 1.27. The van der Waals surface area contributed by atoms with Gasteiger partial charge in [-0.15, -0.1) is 0 Å². The zero-order chi connectivity index (χ0) is 9.84. The lowest BCUT2D eigenvalue weighted by Gasteiger charge is -1.99. The highest BCUT2D eigenvalue weighted by Gasteiger charge is 2.01. The van der Waals surface area contributed by atoms with Crippen LogP contribution in [0.3, 0.4) is 0 Å². The molecular formula is C7H7BrFN3O. The van der Waals surface area contributed by atoms with Crippen molar-refractivity contribution in [2.24, 2.45) is 10.7 Å². The number of hydrogen-bond donors (Lipinski definition) is 3. The molecule has 0 saturated heterocycles. The fraction of sp³-hybridized carbons (Fsp3) is 0. The van der Waals surface area contributed by atoms with Gasteiger partial charge in [0.2, 0.25) is 5.96 Å². The van der Waals surface area contributed by atoms with Crippen molar-refractivity contribution in [2.45, 2.75) is 0 Å². The number of benzene rings is 1. The first-order valence-electron chi connectivity index (χ1n) is 3.33. The summed E-state index contributed by atoms with van der Waals surface area (Å²) in [6.07, 6.45) is 0. The van der Waals surface area contributed by atoms with Gasteiger partial charge in [-0.25, -0.2) is 14.9 Å². The van der Waals surface area contributed by atoms with E-state index in [0.29, 0.717) is 4.47 Å². The highest BCUT2D eigenvalue weighted by Crippen LogP contribution is 2.21. The maximum absolute atomic E-state index is 13.0. The van der Waals surface area contributed by atoms with E-state index in [1.807, 2.05) is 0 Å². The summed E-state index contributed by atoms with van der Waals surface area (Å²) in [5.74, 6) is -0.784. The molecule has 4 nitrogen and oxygen atoms in total. The van der Waals surface area contributed by atoms with Crippen LogP contribution in [0.15, 0.2) is 27.7 Å². The van der Waals surface area contributed by atoms with E-state index >= 15 is 0 Å². The smallest absolute Gasteiger partial charge is 0.218 e. The molecule has 0 aliphatic rings. The van der Waals surface area contributed by atoms with Crippen molar-refractivity contribution in [3.63, 3.8) is 0 Å². The molecule has 1 aromatic rings. The maximum Gasteiger partial charge on any atom is 0.218 e. The van der Waals surface area contributed by atoms with Crippen LogP contribution in [-0.2, 0) is 0 Å². The van der Waals surface area contributed by atoms with E-state index in [-0.39, 0.29) is 11.6 Å². The van der Waals surface area contributed by atoms with E-state index in [0.717, 1.165) is 0 Å². The Morgan fingerprint density at radius 1 is 1.62 bits per heavy atom. The third kappa shape index (κ3) is 2.67. The van der Waals surface area contributed by atoms with Gasteiger partial charge in [0.25, 0.3) is 0 Å². The zero-order valence-corrected chi connectivity index (χ0v) is 8.05. The fourth-order valence-electron chi connectivity index (χ4n) is 0.727. The second-order valence-corrected chi connectivity index (χ2v) is 3.12. The highest BCUT2D eigenvalue weighted by molar-refractivity contribution is 9.10. The minimum Gasteiger partial charge on any atom is -0.368 e. The van der Waals surface area contributed by atoms with Gasteiger partial charge >= 0.3 is 0 Å². The number of rotatable bonds is 1. The lowest BCUT2D eigenvalue weighted by molar-refractivity contribution is 0.233. The summed E-state index contributed by atoms with van der Waals surface area (Å²) in [4.78, 5) is 3.56. The summed E-state index contributed by atoms with van der Waals surface area (Å²) in [5, 5.41) is 8.30. The number of guanidine groups is 1. The van der Waals surface area contributed by atoms with Crippen LogP contribution < -0.4 is 11.2 Å². The average molecular weight is 248 g/mol. The second-order valence-electron chi connectivity index (χ2n) is 2.20. The standard InChI is InChI=1S/C7H7BrFN3O/c8-4-1-2-6(5(9)3-4)11-7(10)12-13/h1-3,13H,(H3,10,11,12). The molecule has 0 aliphatic heterocycles. The van der Waals surface area contributed by atoms with Gasteiger partial charge in [0.1, 0.15) is 11.5 Å². The van der Waals surface area contributed by atoms with Crippen LogP contribution in [0, 0.1) is 5.82 Å². The first-order valence-corrected chi connectivity index (χ1v) is 4.12. The summed E-state index contributed by atoms with van der Waals surface area (Å²) in [5.41, 5.74) is 6.78. The second kappa shape index (κ2) is 4.20. The summed E-state index contributed by atoms with van der Waals surface area (Å²) in [6, 6.07) is 4.31. The Morgan fingerprint density at radius 2 is 2.31 bits per heavy atom. The lowest BCUT2D eigenvalue weighted by atomic mass is 10.3. The molecule has 1 rings (SSSR count). The van der Waals surface area contributed by atoms with Crippen molar-refractivity contribution < 1.29 is 9.60 Å². The van der Waals surface area contributed by atoms with E-state index in [1.54, 1.807) is 11.5 Å². The molecule has 4 N–H and O–H groups in total. The molecular weight excluding hydrogens is 241 g/mol. The number of nitrogens with two attached hydrogens (primary N) is 1. The summed E-state index contributed by atoms with van der Waals surface area (Å²) < 4.78 is 13.7. The van der Waals surface area contributed by atoms with Gasteiger partial charge in [-0.3, -0.25) is 5.21 Å². The average Bonchev–Trinajstić information content (AvgIpc) is 2.09. The molecule has 70 valence electrons. The monoisotopic (exact) mass is 247 g/mol. The Kier molecular flexibility index (Phi) is 3.21. The first-order chi connectivity index (χ1) is 6.13. The molecule has 0 bridgehead atoms. The van der Waals surface area contributed by atoms with Crippen LogP contribution in [0.4, 0.5) is 10.1 Å². The van der Waals surface area contributed by atoms with E-state index in [4.69, 9.17) is 10.9 Å². The van der Waals surface area contributed by atoms with Gasteiger partial charge in [0.05, 0.1) is 0 Å². The number of hydrogen-bond acceptors (Lipinski definition) is 2. The minimum atomic E-state index is -0.521. The minimum absolute atomic E-state index is 0.0576. The quantitative estimate of drug-likeness (QED) is 0.401. The number of hydroxylamine groups is 1. The Labute approximate surface area is 82.4 Å². The summed E-state index contributed by atoms with van der Waals surface area (Å²) in [7, 11) is 0. The van der Waals surface area contributed by atoms with Gasteiger partial charge in [-0.2, -0.15) is 0 Å².